The quantitative estimate of drug-likeness (QED) is 0.661. The number of aromatic nitrogens is 1. The fourth-order valence-corrected chi connectivity index (χ4v) is 1.33. The van der Waals surface area contributed by atoms with Gasteiger partial charge in [-0.2, -0.15) is 0 Å². The number of aliphatic hydroxyl groups is 1. The molecule has 1 aliphatic heterocycles. The molecule has 13 heavy (non-hydrogen) atoms. The van der Waals surface area contributed by atoms with Crippen LogP contribution in [0, 0.1) is 0 Å². The molecular formula is C9H12N2O2. The van der Waals surface area contributed by atoms with E-state index in [2.05, 4.69) is 10.3 Å². The summed E-state index contributed by atoms with van der Waals surface area (Å²) in [6, 6.07) is 5.47. The van der Waals surface area contributed by atoms with E-state index in [1.165, 1.54) is 0 Å². The average Bonchev–Trinajstić information content (AvgIpc) is 2.54. The van der Waals surface area contributed by atoms with E-state index in [1.54, 1.807) is 12.3 Å². The third-order valence-electron chi connectivity index (χ3n) is 2.04. The van der Waals surface area contributed by atoms with Crippen LogP contribution in [0.25, 0.3) is 0 Å². The number of pyridine rings is 1. The lowest BCUT2D eigenvalue weighted by molar-refractivity contribution is 0.0706. The summed E-state index contributed by atoms with van der Waals surface area (Å²) in [7, 11) is 0. The molecule has 0 unspecified atom stereocenters. The Hall–Kier alpha value is -1.13. The molecule has 1 aliphatic rings. The molecule has 4 heteroatoms. The molecule has 0 bridgehead atoms. The normalized spacial score (nSPS) is 27.5. The van der Waals surface area contributed by atoms with Crippen molar-refractivity contribution in [1.29, 1.82) is 0 Å². The van der Waals surface area contributed by atoms with E-state index < -0.39 is 6.10 Å². The maximum absolute atomic E-state index is 9.43. The van der Waals surface area contributed by atoms with E-state index in [0.29, 0.717) is 19.0 Å². The predicted molar refractivity (Wildman–Crippen MR) is 47.5 cm³/mol. The summed E-state index contributed by atoms with van der Waals surface area (Å²) in [6.07, 6.45) is 1.07. The maximum atomic E-state index is 9.43. The first kappa shape index (κ1) is 8.47. The monoisotopic (exact) mass is 180 g/mol. The Kier molecular flexibility index (Phi) is 2.42. The van der Waals surface area contributed by atoms with Crippen LogP contribution < -0.4 is 10.1 Å². The molecule has 1 aromatic heterocycles. The summed E-state index contributed by atoms with van der Waals surface area (Å²) in [6.45, 7) is 1.27. The summed E-state index contributed by atoms with van der Waals surface area (Å²) in [5.41, 5.74) is 0. The van der Waals surface area contributed by atoms with Gasteiger partial charge in [0.2, 0.25) is 5.88 Å². The van der Waals surface area contributed by atoms with Crippen LogP contribution in [0.3, 0.4) is 0 Å². The second-order valence-electron chi connectivity index (χ2n) is 3.05. The van der Waals surface area contributed by atoms with Crippen molar-refractivity contribution in [2.75, 3.05) is 13.1 Å². The number of aliphatic hydroxyl groups excluding tert-OH is 1. The SMILES string of the molecule is O[C@@H]1CNC[C@H]1Oc1ccccn1. The molecule has 0 saturated carbocycles. The van der Waals surface area contributed by atoms with Gasteiger partial charge in [0, 0.05) is 25.4 Å². The molecule has 1 aromatic rings. The number of rotatable bonds is 2. The Bertz CT molecular complexity index is 266. The molecule has 0 radical (unpaired) electrons. The zero-order valence-corrected chi connectivity index (χ0v) is 7.18. The van der Waals surface area contributed by atoms with Gasteiger partial charge in [-0.1, -0.05) is 6.07 Å². The van der Waals surface area contributed by atoms with E-state index in [1.807, 2.05) is 12.1 Å². The summed E-state index contributed by atoms with van der Waals surface area (Å²) in [5, 5.41) is 12.5. The van der Waals surface area contributed by atoms with Crippen molar-refractivity contribution < 1.29 is 9.84 Å². The highest BCUT2D eigenvalue weighted by Crippen LogP contribution is 2.10. The van der Waals surface area contributed by atoms with Gasteiger partial charge >= 0.3 is 0 Å². The highest BCUT2D eigenvalue weighted by molar-refractivity contribution is 5.10. The first-order valence-electron chi connectivity index (χ1n) is 4.33. The van der Waals surface area contributed by atoms with Gasteiger partial charge in [0.25, 0.3) is 0 Å². The summed E-state index contributed by atoms with van der Waals surface area (Å²) in [4.78, 5) is 4.02. The molecule has 1 saturated heterocycles. The zero-order chi connectivity index (χ0) is 9.10. The zero-order valence-electron chi connectivity index (χ0n) is 7.18. The number of ether oxygens (including phenoxy) is 1. The Labute approximate surface area is 76.6 Å². The van der Waals surface area contributed by atoms with Crippen molar-refractivity contribution in [1.82, 2.24) is 10.3 Å². The second kappa shape index (κ2) is 3.72. The van der Waals surface area contributed by atoms with Crippen molar-refractivity contribution in [3.05, 3.63) is 24.4 Å². The Morgan fingerprint density at radius 1 is 1.46 bits per heavy atom. The van der Waals surface area contributed by atoms with Crippen LogP contribution >= 0.6 is 0 Å². The van der Waals surface area contributed by atoms with Gasteiger partial charge in [0.15, 0.2) is 0 Å². The predicted octanol–water partition coefficient (Wildman–Crippen LogP) is -0.207. The highest BCUT2D eigenvalue weighted by atomic mass is 16.5. The molecule has 2 rings (SSSR count). The van der Waals surface area contributed by atoms with E-state index in [-0.39, 0.29) is 6.10 Å². The van der Waals surface area contributed by atoms with Gasteiger partial charge in [-0.15, -0.1) is 0 Å². The number of nitrogens with zero attached hydrogens (tertiary/aromatic N) is 1. The van der Waals surface area contributed by atoms with Gasteiger partial charge in [0.1, 0.15) is 12.2 Å². The van der Waals surface area contributed by atoms with Gasteiger partial charge < -0.3 is 15.2 Å². The van der Waals surface area contributed by atoms with Crippen LogP contribution in [0.4, 0.5) is 0 Å². The van der Waals surface area contributed by atoms with E-state index in [9.17, 15) is 5.11 Å². The first-order valence-corrected chi connectivity index (χ1v) is 4.33. The third kappa shape index (κ3) is 1.96. The molecule has 0 aromatic carbocycles. The molecule has 2 heterocycles. The molecule has 1 fully saturated rings. The fourth-order valence-electron chi connectivity index (χ4n) is 1.33. The number of nitrogens with one attached hydrogen (secondary N) is 1. The summed E-state index contributed by atoms with van der Waals surface area (Å²) >= 11 is 0. The van der Waals surface area contributed by atoms with E-state index in [0.717, 1.165) is 0 Å². The maximum Gasteiger partial charge on any atom is 0.213 e. The lowest BCUT2D eigenvalue weighted by Gasteiger charge is -2.14. The minimum absolute atomic E-state index is 0.171. The van der Waals surface area contributed by atoms with E-state index in [4.69, 9.17) is 4.74 Å². The van der Waals surface area contributed by atoms with Crippen LogP contribution in [0.5, 0.6) is 5.88 Å². The standard InChI is InChI=1S/C9H12N2O2/c12-7-5-10-6-8(7)13-9-3-1-2-4-11-9/h1-4,7-8,10,12H,5-6H2/t7-,8-/m1/s1. The van der Waals surface area contributed by atoms with Gasteiger partial charge in [-0.25, -0.2) is 4.98 Å². The van der Waals surface area contributed by atoms with Crippen LogP contribution in [0.2, 0.25) is 0 Å². The molecule has 2 N–H and O–H groups in total. The minimum Gasteiger partial charge on any atom is -0.470 e. The molecule has 0 spiro atoms. The van der Waals surface area contributed by atoms with Gasteiger partial charge in [0.05, 0.1) is 0 Å². The van der Waals surface area contributed by atoms with Crippen LogP contribution in [-0.2, 0) is 0 Å². The van der Waals surface area contributed by atoms with Crippen molar-refractivity contribution in [2.45, 2.75) is 12.2 Å². The number of hydrogen-bond acceptors (Lipinski definition) is 4. The fraction of sp³-hybridized carbons (Fsp3) is 0.444. The number of β-amino-alcohol motifs (C(OH)–C–C–N with tert-alkyl or cyclic N) is 1. The van der Waals surface area contributed by atoms with Crippen molar-refractivity contribution in [3.63, 3.8) is 0 Å². The Morgan fingerprint density at radius 3 is 3.00 bits per heavy atom. The third-order valence-corrected chi connectivity index (χ3v) is 2.04. The molecule has 70 valence electrons. The molecular weight excluding hydrogens is 168 g/mol. The second-order valence-corrected chi connectivity index (χ2v) is 3.05. The van der Waals surface area contributed by atoms with Crippen LogP contribution in [-0.4, -0.2) is 35.4 Å². The van der Waals surface area contributed by atoms with Crippen LogP contribution in [0.1, 0.15) is 0 Å². The van der Waals surface area contributed by atoms with Crippen molar-refractivity contribution >= 4 is 0 Å². The topological polar surface area (TPSA) is 54.4 Å². The molecule has 0 aliphatic carbocycles. The smallest absolute Gasteiger partial charge is 0.213 e. The first-order chi connectivity index (χ1) is 6.36. The Morgan fingerprint density at radius 2 is 2.38 bits per heavy atom. The average molecular weight is 180 g/mol. The van der Waals surface area contributed by atoms with Crippen LogP contribution in [0.15, 0.2) is 24.4 Å². The summed E-state index contributed by atoms with van der Waals surface area (Å²) in [5.74, 6) is 0.565. The van der Waals surface area contributed by atoms with Gasteiger partial charge in [-0.3, -0.25) is 0 Å². The summed E-state index contributed by atoms with van der Waals surface area (Å²) < 4.78 is 5.46. The largest absolute Gasteiger partial charge is 0.470 e. The molecule has 4 nitrogen and oxygen atoms in total. The lowest BCUT2D eigenvalue weighted by Crippen LogP contribution is -2.30. The molecule has 0 amide bonds. The lowest BCUT2D eigenvalue weighted by atomic mass is 10.3. The molecule has 2 atom stereocenters. The highest BCUT2D eigenvalue weighted by Gasteiger charge is 2.26. The Balaban J connectivity index is 1.98. The van der Waals surface area contributed by atoms with Gasteiger partial charge in [-0.05, 0) is 6.07 Å². The number of hydrogen-bond donors (Lipinski definition) is 2. The van der Waals surface area contributed by atoms with Crippen molar-refractivity contribution in [3.8, 4) is 5.88 Å². The minimum atomic E-state index is -0.429. The van der Waals surface area contributed by atoms with Crippen molar-refractivity contribution in [2.24, 2.45) is 0 Å². The van der Waals surface area contributed by atoms with E-state index >= 15 is 0 Å².